The number of pyridine rings is 1. The molecule has 1 heterocycles. The van der Waals surface area contributed by atoms with E-state index in [0.29, 0.717) is 5.56 Å². The smallest absolute Gasteiger partial charge is 0.167 e. The Morgan fingerprint density at radius 3 is 2.41 bits per heavy atom. The fourth-order valence-corrected chi connectivity index (χ4v) is 3.24. The van der Waals surface area contributed by atoms with Gasteiger partial charge in [0.1, 0.15) is 0 Å². The molecule has 0 aliphatic carbocycles. The number of nitrogens with zero attached hydrogens (tertiary/aromatic N) is 1. The molecule has 2 nitrogen and oxygen atoms in total. The molecule has 27 heavy (non-hydrogen) atoms. The van der Waals surface area contributed by atoms with Crippen LogP contribution in [0.5, 0.6) is 0 Å². The highest BCUT2D eigenvalue weighted by Gasteiger charge is 2.19. The third-order valence-electron chi connectivity index (χ3n) is 4.82. The van der Waals surface area contributed by atoms with E-state index < -0.39 is 0 Å². The zero-order valence-electron chi connectivity index (χ0n) is 16.0. The molecule has 134 valence electrons. The molecule has 0 saturated carbocycles. The van der Waals surface area contributed by atoms with E-state index in [9.17, 15) is 4.79 Å². The Bertz CT molecular complexity index is 1010. The van der Waals surface area contributed by atoms with Gasteiger partial charge in [-0.15, -0.1) is 6.42 Å². The number of carbonyl (C=O) groups excluding carboxylic acids is 1. The third kappa shape index (κ3) is 4.15. The molecule has 2 aromatic carbocycles. The van der Waals surface area contributed by atoms with Gasteiger partial charge in [-0.2, -0.15) is 0 Å². The second-order valence-corrected chi connectivity index (χ2v) is 6.97. The van der Waals surface area contributed by atoms with Crippen molar-refractivity contribution in [1.82, 2.24) is 4.98 Å². The molecular weight excluding hydrogens is 330 g/mol. The fourth-order valence-electron chi connectivity index (χ4n) is 3.24. The van der Waals surface area contributed by atoms with Crippen LogP contribution < -0.4 is 0 Å². The van der Waals surface area contributed by atoms with Gasteiger partial charge in [0.2, 0.25) is 0 Å². The van der Waals surface area contributed by atoms with E-state index in [2.05, 4.69) is 42.1 Å². The normalized spacial score (nSPS) is 11.6. The predicted octanol–water partition coefficient (Wildman–Crippen LogP) is 5.41. The molecule has 0 aliphatic heterocycles. The average molecular weight is 353 g/mol. The number of carbonyl (C=O) groups is 1. The number of terminal acetylenes is 1. The van der Waals surface area contributed by atoms with E-state index in [1.54, 1.807) is 0 Å². The van der Waals surface area contributed by atoms with E-state index in [1.165, 1.54) is 11.1 Å². The number of Topliss-reactive ketones (excluding diaryl/α,β-unsaturated/α-hetero) is 1. The van der Waals surface area contributed by atoms with Crippen molar-refractivity contribution in [2.45, 2.75) is 27.2 Å². The van der Waals surface area contributed by atoms with Crippen LogP contribution in [0, 0.1) is 32.1 Å². The summed E-state index contributed by atoms with van der Waals surface area (Å²) in [6.07, 6.45) is 6.32. The van der Waals surface area contributed by atoms with Crippen LogP contribution >= 0.6 is 0 Å². The lowest BCUT2D eigenvalue weighted by atomic mass is 9.91. The standard InChI is InChI=1S/C25H23NO/c1-5-21-8-6-7-9-23(21)24-15-14-22(19(4)26-24)25(27)18(3)16-20-12-10-17(2)11-13-20/h1,6-15,18H,16H2,2-4H3. The van der Waals surface area contributed by atoms with Gasteiger partial charge in [0.15, 0.2) is 5.78 Å². The first-order valence-corrected chi connectivity index (χ1v) is 9.13. The average Bonchev–Trinajstić information content (AvgIpc) is 2.69. The van der Waals surface area contributed by atoms with Crippen LogP contribution in [-0.4, -0.2) is 10.8 Å². The monoisotopic (exact) mass is 353 g/mol. The van der Waals surface area contributed by atoms with Crippen LogP contribution in [0.15, 0.2) is 60.7 Å². The molecule has 3 aromatic rings. The van der Waals surface area contributed by atoms with Crippen LogP contribution in [0.3, 0.4) is 0 Å². The second-order valence-electron chi connectivity index (χ2n) is 6.97. The summed E-state index contributed by atoms with van der Waals surface area (Å²) >= 11 is 0. The van der Waals surface area contributed by atoms with Gasteiger partial charge in [-0.25, -0.2) is 0 Å². The summed E-state index contributed by atoms with van der Waals surface area (Å²) in [7, 11) is 0. The van der Waals surface area contributed by atoms with Crippen molar-refractivity contribution in [1.29, 1.82) is 0 Å². The first kappa shape index (κ1) is 18.6. The number of aryl methyl sites for hydroxylation is 2. The Morgan fingerprint density at radius 1 is 1.04 bits per heavy atom. The van der Waals surface area contributed by atoms with Crippen LogP contribution in [0.1, 0.15) is 39.7 Å². The molecule has 2 heteroatoms. The van der Waals surface area contributed by atoms with Gasteiger partial charge in [-0.3, -0.25) is 9.78 Å². The molecule has 0 saturated heterocycles. The fraction of sp³-hybridized carbons (Fsp3) is 0.200. The molecular formula is C25H23NO. The molecule has 1 aromatic heterocycles. The molecule has 0 bridgehead atoms. The lowest BCUT2D eigenvalue weighted by molar-refractivity contribution is 0.0928. The van der Waals surface area contributed by atoms with Gasteiger partial charge in [-0.05, 0) is 44.0 Å². The summed E-state index contributed by atoms with van der Waals surface area (Å²) in [5, 5.41) is 0. The maximum atomic E-state index is 12.9. The number of hydrogen-bond acceptors (Lipinski definition) is 2. The van der Waals surface area contributed by atoms with E-state index in [1.807, 2.05) is 50.2 Å². The first-order valence-electron chi connectivity index (χ1n) is 9.13. The number of hydrogen-bond donors (Lipinski definition) is 0. The lowest BCUT2D eigenvalue weighted by Crippen LogP contribution is -2.16. The lowest BCUT2D eigenvalue weighted by Gasteiger charge is -2.13. The Labute approximate surface area is 161 Å². The Morgan fingerprint density at radius 2 is 1.74 bits per heavy atom. The van der Waals surface area contributed by atoms with Crippen LogP contribution in [-0.2, 0) is 6.42 Å². The van der Waals surface area contributed by atoms with Gasteiger partial charge in [0.25, 0.3) is 0 Å². The van der Waals surface area contributed by atoms with E-state index in [0.717, 1.165) is 28.9 Å². The van der Waals surface area contributed by atoms with Crippen LogP contribution in [0.25, 0.3) is 11.3 Å². The molecule has 0 radical (unpaired) electrons. The summed E-state index contributed by atoms with van der Waals surface area (Å²) in [6, 6.07) is 19.8. The Hall–Kier alpha value is -3.18. The van der Waals surface area contributed by atoms with Crippen molar-refractivity contribution in [3.63, 3.8) is 0 Å². The van der Waals surface area contributed by atoms with E-state index in [4.69, 9.17) is 6.42 Å². The number of aromatic nitrogens is 1. The second kappa shape index (κ2) is 8.01. The third-order valence-corrected chi connectivity index (χ3v) is 4.82. The van der Waals surface area contributed by atoms with Gasteiger partial charge < -0.3 is 0 Å². The van der Waals surface area contributed by atoms with Gasteiger partial charge >= 0.3 is 0 Å². The van der Waals surface area contributed by atoms with Crippen LogP contribution in [0.2, 0.25) is 0 Å². The zero-order valence-corrected chi connectivity index (χ0v) is 16.0. The highest BCUT2D eigenvalue weighted by molar-refractivity contribution is 5.99. The molecule has 1 unspecified atom stereocenters. The Kier molecular flexibility index (Phi) is 5.52. The molecule has 0 spiro atoms. The summed E-state index contributed by atoms with van der Waals surface area (Å²) in [5.74, 6) is 2.72. The molecule has 0 fully saturated rings. The van der Waals surface area contributed by atoms with Crippen LogP contribution in [0.4, 0.5) is 0 Å². The highest BCUT2D eigenvalue weighted by Crippen LogP contribution is 2.24. The highest BCUT2D eigenvalue weighted by atomic mass is 16.1. The van der Waals surface area contributed by atoms with Gasteiger partial charge in [0.05, 0.1) is 5.69 Å². The molecule has 0 aliphatic rings. The minimum atomic E-state index is -0.1000. The number of ketones is 1. The van der Waals surface area contributed by atoms with Gasteiger partial charge in [0, 0.05) is 28.3 Å². The Balaban J connectivity index is 1.83. The summed E-state index contributed by atoms with van der Waals surface area (Å²) in [4.78, 5) is 17.6. The van der Waals surface area contributed by atoms with E-state index in [-0.39, 0.29) is 11.7 Å². The minimum Gasteiger partial charge on any atom is -0.294 e. The quantitative estimate of drug-likeness (QED) is 0.453. The van der Waals surface area contributed by atoms with Crippen molar-refractivity contribution in [3.05, 3.63) is 88.6 Å². The SMILES string of the molecule is C#Cc1ccccc1-c1ccc(C(=O)C(C)Cc2ccc(C)cc2)c(C)n1. The summed E-state index contributed by atoms with van der Waals surface area (Å²) < 4.78 is 0. The summed E-state index contributed by atoms with van der Waals surface area (Å²) in [5.41, 5.74) is 6.32. The largest absolute Gasteiger partial charge is 0.294 e. The maximum absolute atomic E-state index is 12.9. The van der Waals surface area contributed by atoms with E-state index >= 15 is 0 Å². The van der Waals surface area contributed by atoms with Crippen molar-refractivity contribution in [2.24, 2.45) is 5.92 Å². The minimum absolute atomic E-state index is 0.1000. The number of benzene rings is 2. The molecule has 0 amide bonds. The summed E-state index contributed by atoms with van der Waals surface area (Å²) in [6.45, 7) is 5.92. The molecule has 0 N–H and O–H groups in total. The molecule has 3 rings (SSSR count). The van der Waals surface area contributed by atoms with Crippen molar-refractivity contribution < 1.29 is 4.79 Å². The number of rotatable bonds is 5. The predicted molar refractivity (Wildman–Crippen MR) is 111 cm³/mol. The zero-order chi connectivity index (χ0) is 19.4. The molecule has 1 atom stereocenters. The maximum Gasteiger partial charge on any atom is 0.167 e. The van der Waals surface area contributed by atoms with Crippen molar-refractivity contribution in [2.75, 3.05) is 0 Å². The van der Waals surface area contributed by atoms with Crippen molar-refractivity contribution >= 4 is 5.78 Å². The van der Waals surface area contributed by atoms with Gasteiger partial charge in [-0.1, -0.05) is 60.9 Å². The van der Waals surface area contributed by atoms with Crippen molar-refractivity contribution in [3.8, 4) is 23.6 Å². The first-order chi connectivity index (χ1) is 13.0. The topological polar surface area (TPSA) is 30.0 Å².